The summed E-state index contributed by atoms with van der Waals surface area (Å²) in [5, 5.41) is 14.4. The van der Waals surface area contributed by atoms with E-state index in [1.54, 1.807) is 6.07 Å². The number of nitrogens with one attached hydrogen (secondary N) is 1. The van der Waals surface area contributed by atoms with Gasteiger partial charge in [-0.05, 0) is 54.0 Å². The van der Waals surface area contributed by atoms with Crippen LogP contribution in [0.15, 0.2) is 18.2 Å². The highest BCUT2D eigenvalue weighted by Gasteiger charge is 2.34. The third-order valence-corrected chi connectivity index (χ3v) is 4.47. The highest BCUT2D eigenvalue weighted by molar-refractivity contribution is 14.1. The summed E-state index contributed by atoms with van der Waals surface area (Å²) in [6.07, 6.45) is 3.70. The minimum atomic E-state index is -0.307. The van der Waals surface area contributed by atoms with Gasteiger partial charge >= 0.3 is 0 Å². The predicted molar refractivity (Wildman–Crippen MR) is 82.4 cm³/mol. The molecule has 2 fully saturated rings. The van der Waals surface area contributed by atoms with Crippen molar-refractivity contribution >= 4 is 34.0 Å². The van der Waals surface area contributed by atoms with Gasteiger partial charge in [0.2, 0.25) is 0 Å². The van der Waals surface area contributed by atoms with Crippen LogP contribution in [0.3, 0.4) is 0 Å². The van der Waals surface area contributed by atoms with Crippen molar-refractivity contribution < 1.29 is 4.92 Å². The van der Waals surface area contributed by atoms with Crippen molar-refractivity contribution in [3.8, 4) is 0 Å². The second-order valence-electron chi connectivity index (χ2n) is 5.27. The van der Waals surface area contributed by atoms with Crippen molar-refractivity contribution in [1.82, 2.24) is 4.90 Å². The van der Waals surface area contributed by atoms with Crippen LogP contribution >= 0.6 is 22.6 Å². The number of likely N-dealkylation sites (tertiary alicyclic amines) is 1. The van der Waals surface area contributed by atoms with Gasteiger partial charge in [0.25, 0.3) is 5.69 Å². The lowest BCUT2D eigenvalue weighted by molar-refractivity contribution is -0.384. The van der Waals surface area contributed by atoms with Gasteiger partial charge in [-0.2, -0.15) is 0 Å². The molecule has 3 rings (SSSR count). The van der Waals surface area contributed by atoms with Gasteiger partial charge in [0.15, 0.2) is 0 Å². The maximum Gasteiger partial charge on any atom is 0.293 e. The number of nitro groups is 1. The molecule has 6 heteroatoms. The van der Waals surface area contributed by atoms with Gasteiger partial charge in [-0.1, -0.05) is 0 Å². The number of halogens is 1. The van der Waals surface area contributed by atoms with Crippen LogP contribution in [0.5, 0.6) is 0 Å². The van der Waals surface area contributed by atoms with Crippen molar-refractivity contribution in [2.45, 2.75) is 31.3 Å². The SMILES string of the molecule is O=[N+]([O-])c1cc(I)ccc1NC1CCN(C2CC2)C1. The molecule has 0 spiro atoms. The average molecular weight is 373 g/mol. The third kappa shape index (κ3) is 3.00. The fourth-order valence-electron chi connectivity index (χ4n) is 2.67. The molecule has 0 amide bonds. The van der Waals surface area contributed by atoms with Gasteiger partial charge < -0.3 is 5.32 Å². The molecule has 0 aromatic heterocycles. The molecule has 1 unspecified atom stereocenters. The molecule has 1 aliphatic heterocycles. The standard InChI is InChI=1S/C13H16IN3O2/c14-9-1-4-12(13(7-9)17(18)19)15-10-5-6-16(8-10)11-2-3-11/h1,4,7,10-11,15H,2-3,5-6,8H2. The Morgan fingerprint density at radius 3 is 2.84 bits per heavy atom. The number of nitro benzene ring substituents is 1. The van der Waals surface area contributed by atoms with E-state index >= 15 is 0 Å². The van der Waals surface area contributed by atoms with Gasteiger partial charge in [-0.3, -0.25) is 15.0 Å². The molecule has 1 saturated heterocycles. The van der Waals surface area contributed by atoms with E-state index in [1.807, 2.05) is 12.1 Å². The first-order chi connectivity index (χ1) is 9.13. The van der Waals surface area contributed by atoms with E-state index in [0.717, 1.165) is 29.1 Å². The summed E-state index contributed by atoms with van der Waals surface area (Å²) >= 11 is 2.10. The van der Waals surface area contributed by atoms with E-state index < -0.39 is 0 Å². The number of hydrogen-bond donors (Lipinski definition) is 1. The van der Waals surface area contributed by atoms with E-state index in [-0.39, 0.29) is 10.6 Å². The normalized spacial score (nSPS) is 23.5. The molecule has 2 aliphatic rings. The van der Waals surface area contributed by atoms with Gasteiger partial charge in [0, 0.05) is 34.8 Å². The molecule has 1 aromatic rings. The van der Waals surface area contributed by atoms with Crippen molar-refractivity contribution in [3.63, 3.8) is 0 Å². The van der Waals surface area contributed by atoms with Gasteiger partial charge in [-0.25, -0.2) is 0 Å². The van der Waals surface area contributed by atoms with Gasteiger partial charge in [-0.15, -0.1) is 0 Å². The molecule has 1 heterocycles. The molecule has 1 N–H and O–H groups in total. The Kier molecular flexibility index (Phi) is 3.62. The largest absolute Gasteiger partial charge is 0.375 e. The van der Waals surface area contributed by atoms with Crippen LogP contribution in [-0.2, 0) is 0 Å². The Morgan fingerprint density at radius 2 is 2.16 bits per heavy atom. The summed E-state index contributed by atoms with van der Waals surface area (Å²) < 4.78 is 0.890. The topological polar surface area (TPSA) is 58.4 Å². The summed E-state index contributed by atoms with van der Waals surface area (Å²) in [4.78, 5) is 13.3. The Morgan fingerprint density at radius 1 is 1.37 bits per heavy atom. The molecule has 1 aromatic carbocycles. The molecule has 19 heavy (non-hydrogen) atoms. The Balaban J connectivity index is 1.71. The molecule has 1 atom stereocenters. The van der Waals surface area contributed by atoms with Crippen molar-refractivity contribution in [2.24, 2.45) is 0 Å². The zero-order valence-corrected chi connectivity index (χ0v) is 12.7. The summed E-state index contributed by atoms with van der Waals surface area (Å²) in [5.74, 6) is 0. The minimum Gasteiger partial charge on any atom is -0.375 e. The molecular weight excluding hydrogens is 357 g/mol. The fourth-order valence-corrected chi connectivity index (χ4v) is 3.15. The van der Waals surface area contributed by atoms with Gasteiger partial charge in [0.1, 0.15) is 5.69 Å². The monoisotopic (exact) mass is 373 g/mol. The highest BCUT2D eigenvalue weighted by atomic mass is 127. The fraction of sp³-hybridized carbons (Fsp3) is 0.538. The number of anilines is 1. The zero-order chi connectivity index (χ0) is 13.4. The van der Waals surface area contributed by atoms with Crippen LogP contribution in [0.2, 0.25) is 0 Å². The first kappa shape index (κ1) is 13.1. The van der Waals surface area contributed by atoms with Crippen LogP contribution in [-0.4, -0.2) is 35.0 Å². The molecular formula is C13H16IN3O2. The van der Waals surface area contributed by atoms with E-state index in [4.69, 9.17) is 0 Å². The quantitative estimate of drug-likeness (QED) is 0.501. The first-order valence-electron chi connectivity index (χ1n) is 6.58. The molecule has 5 nitrogen and oxygen atoms in total. The average Bonchev–Trinajstić information content (AvgIpc) is 3.12. The van der Waals surface area contributed by atoms with Gasteiger partial charge in [0.05, 0.1) is 4.92 Å². The zero-order valence-electron chi connectivity index (χ0n) is 10.5. The summed E-state index contributed by atoms with van der Waals surface area (Å²) in [7, 11) is 0. The highest BCUT2D eigenvalue weighted by Crippen LogP contribution is 2.32. The van der Waals surface area contributed by atoms with E-state index in [0.29, 0.717) is 11.7 Å². The van der Waals surface area contributed by atoms with Crippen LogP contribution in [0.1, 0.15) is 19.3 Å². The third-order valence-electron chi connectivity index (χ3n) is 3.80. The lowest BCUT2D eigenvalue weighted by Gasteiger charge is -2.16. The van der Waals surface area contributed by atoms with Crippen LogP contribution < -0.4 is 5.32 Å². The van der Waals surface area contributed by atoms with Crippen LogP contribution in [0, 0.1) is 13.7 Å². The second-order valence-corrected chi connectivity index (χ2v) is 6.52. The van der Waals surface area contributed by atoms with E-state index in [2.05, 4.69) is 32.8 Å². The Hall–Kier alpha value is -0.890. The first-order valence-corrected chi connectivity index (χ1v) is 7.66. The Labute approximate surface area is 125 Å². The predicted octanol–water partition coefficient (Wildman–Crippen LogP) is 2.85. The van der Waals surface area contributed by atoms with Crippen molar-refractivity contribution in [1.29, 1.82) is 0 Å². The molecule has 1 saturated carbocycles. The molecule has 102 valence electrons. The number of hydrogen-bond acceptors (Lipinski definition) is 4. The van der Waals surface area contributed by atoms with Crippen molar-refractivity contribution in [3.05, 3.63) is 31.9 Å². The van der Waals surface area contributed by atoms with E-state index in [9.17, 15) is 10.1 Å². The molecule has 1 aliphatic carbocycles. The van der Waals surface area contributed by atoms with Crippen LogP contribution in [0.25, 0.3) is 0 Å². The number of benzene rings is 1. The summed E-state index contributed by atoms with van der Waals surface area (Å²) in [6, 6.07) is 6.46. The minimum absolute atomic E-state index is 0.178. The lowest BCUT2D eigenvalue weighted by atomic mass is 10.2. The maximum absolute atomic E-state index is 11.1. The maximum atomic E-state index is 11.1. The Bertz CT molecular complexity index is 505. The molecule has 0 bridgehead atoms. The van der Waals surface area contributed by atoms with Crippen molar-refractivity contribution in [2.75, 3.05) is 18.4 Å². The smallest absolute Gasteiger partial charge is 0.293 e. The number of nitrogens with zero attached hydrogens (tertiary/aromatic N) is 2. The number of rotatable bonds is 4. The van der Waals surface area contributed by atoms with E-state index in [1.165, 1.54) is 12.8 Å². The van der Waals surface area contributed by atoms with Crippen LogP contribution in [0.4, 0.5) is 11.4 Å². The molecule has 0 radical (unpaired) electrons. The summed E-state index contributed by atoms with van der Waals surface area (Å²) in [5.41, 5.74) is 0.824. The lowest BCUT2D eigenvalue weighted by Crippen LogP contribution is -2.27. The summed E-state index contributed by atoms with van der Waals surface area (Å²) in [6.45, 7) is 2.12. The second kappa shape index (κ2) is 5.24.